The summed E-state index contributed by atoms with van der Waals surface area (Å²) < 4.78 is 0. The number of aliphatic hydroxyl groups is 1. The van der Waals surface area contributed by atoms with Crippen LogP contribution in [0.2, 0.25) is 0 Å². The van der Waals surface area contributed by atoms with Gasteiger partial charge < -0.3 is 20.2 Å². The maximum Gasteiger partial charge on any atom is 0.239 e. The third-order valence-corrected chi connectivity index (χ3v) is 7.50. The van der Waals surface area contributed by atoms with Gasteiger partial charge in [-0.25, -0.2) is 0 Å². The minimum Gasteiger partial charge on any atom is -0.392 e. The van der Waals surface area contributed by atoms with Crippen LogP contribution < -0.4 is 5.32 Å². The maximum atomic E-state index is 13.1. The van der Waals surface area contributed by atoms with Crippen LogP contribution in [0.4, 0.5) is 0 Å². The van der Waals surface area contributed by atoms with E-state index in [4.69, 9.17) is 0 Å². The highest BCUT2D eigenvalue weighted by Gasteiger charge is 2.50. The molecule has 7 heteroatoms. The van der Waals surface area contributed by atoms with E-state index in [0.29, 0.717) is 37.1 Å². The van der Waals surface area contributed by atoms with Gasteiger partial charge in [-0.2, -0.15) is 0 Å². The number of amides is 2. The van der Waals surface area contributed by atoms with Crippen molar-refractivity contribution in [2.24, 2.45) is 11.8 Å². The van der Waals surface area contributed by atoms with Crippen molar-refractivity contribution in [3.63, 3.8) is 0 Å². The van der Waals surface area contributed by atoms with Gasteiger partial charge in [0.1, 0.15) is 0 Å². The van der Waals surface area contributed by atoms with Gasteiger partial charge in [-0.3, -0.25) is 9.59 Å². The fourth-order valence-electron chi connectivity index (χ4n) is 6.20. The molecule has 4 fully saturated rings. The van der Waals surface area contributed by atoms with Crippen molar-refractivity contribution in [1.29, 1.82) is 0 Å². The molecule has 0 aliphatic carbocycles. The lowest BCUT2D eigenvalue weighted by atomic mass is 9.70. The highest BCUT2D eigenvalue weighted by molar-refractivity contribution is 5.85. The van der Waals surface area contributed by atoms with Crippen LogP contribution in [0.25, 0.3) is 0 Å². The minimum absolute atomic E-state index is 0. The summed E-state index contributed by atoms with van der Waals surface area (Å²) >= 11 is 0. The molecule has 2 bridgehead atoms. The SMILES string of the molecule is Cl.O=C([C@H]1C[C@@H](O)CN1)N1C[C@H]2C[C@@H](C1)[C@H](Cc1ccccc1)N1C(=O)CCC[C@@H]21. The fourth-order valence-corrected chi connectivity index (χ4v) is 6.20. The van der Waals surface area contributed by atoms with Gasteiger partial charge in [0.25, 0.3) is 0 Å². The molecule has 0 aromatic heterocycles. The van der Waals surface area contributed by atoms with Gasteiger partial charge in [-0.05, 0) is 49.5 Å². The number of likely N-dealkylation sites (tertiary alicyclic amines) is 1. The van der Waals surface area contributed by atoms with Crippen LogP contribution >= 0.6 is 12.4 Å². The van der Waals surface area contributed by atoms with Gasteiger partial charge >= 0.3 is 0 Å². The standard InChI is InChI=1S/C23H31N3O3.ClH/c27-18-11-19(24-12-18)23(29)25-13-16-10-17(14-25)21(9-15-5-2-1-3-6-15)26-20(16)7-4-8-22(26)28;/h1-3,5-6,16-21,24,27H,4,7-14H2;1H/t16-,17+,18-,19-,20+,21+;/m1./s1. The summed E-state index contributed by atoms with van der Waals surface area (Å²) in [7, 11) is 0. The number of fused-ring (bicyclic) bond motifs is 4. The van der Waals surface area contributed by atoms with E-state index >= 15 is 0 Å². The molecule has 4 heterocycles. The molecule has 30 heavy (non-hydrogen) atoms. The number of piperidine rings is 3. The van der Waals surface area contributed by atoms with Crippen molar-refractivity contribution >= 4 is 24.2 Å². The summed E-state index contributed by atoms with van der Waals surface area (Å²) in [6, 6.07) is 10.6. The van der Waals surface area contributed by atoms with Gasteiger partial charge in [0.15, 0.2) is 0 Å². The van der Waals surface area contributed by atoms with E-state index in [1.807, 2.05) is 11.0 Å². The van der Waals surface area contributed by atoms with Gasteiger partial charge in [-0.1, -0.05) is 30.3 Å². The molecule has 6 nitrogen and oxygen atoms in total. The fraction of sp³-hybridized carbons (Fsp3) is 0.652. The molecular weight excluding hydrogens is 402 g/mol. The quantitative estimate of drug-likeness (QED) is 0.759. The zero-order valence-electron chi connectivity index (χ0n) is 17.3. The van der Waals surface area contributed by atoms with Crippen LogP contribution in [0.1, 0.15) is 37.7 Å². The molecule has 2 amide bonds. The summed E-state index contributed by atoms with van der Waals surface area (Å²) in [6.45, 7) is 1.96. The van der Waals surface area contributed by atoms with Crippen molar-refractivity contribution < 1.29 is 14.7 Å². The molecule has 1 aromatic rings. The van der Waals surface area contributed by atoms with Crippen molar-refractivity contribution in [2.45, 2.75) is 62.8 Å². The Kier molecular flexibility index (Phi) is 6.37. The number of halogens is 1. The first-order valence-electron chi connectivity index (χ1n) is 11.2. The Morgan fingerprint density at radius 2 is 1.90 bits per heavy atom. The normalized spacial score (nSPS) is 35.6. The average molecular weight is 434 g/mol. The lowest BCUT2D eigenvalue weighted by molar-refractivity contribution is -0.156. The van der Waals surface area contributed by atoms with Crippen LogP contribution in [0.15, 0.2) is 30.3 Å². The second kappa shape index (κ2) is 8.85. The highest BCUT2D eigenvalue weighted by Crippen LogP contribution is 2.42. The Balaban J connectivity index is 0.00000218. The Morgan fingerprint density at radius 3 is 2.63 bits per heavy atom. The number of aliphatic hydroxyl groups excluding tert-OH is 1. The number of carbonyl (C=O) groups is 2. The molecule has 0 radical (unpaired) electrons. The van der Waals surface area contributed by atoms with Gasteiger partial charge in [0, 0.05) is 38.1 Å². The average Bonchev–Trinajstić information content (AvgIpc) is 3.17. The van der Waals surface area contributed by atoms with Crippen molar-refractivity contribution in [1.82, 2.24) is 15.1 Å². The maximum absolute atomic E-state index is 13.1. The Bertz CT molecular complexity index is 776. The smallest absolute Gasteiger partial charge is 0.239 e. The Labute approximate surface area is 184 Å². The van der Waals surface area contributed by atoms with Crippen LogP contribution in [0.3, 0.4) is 0 Å². The third-order valence-electron chi connectivity index (χ3n) is 7.50. The largest absolute Gasteiger partial charge is 0.392 e. The van der Waals surface area contributed by atoms with Crippen molar-refractivity contribution in [3.05, 3.63) is 35.9 Å². The zero-order chi connectivity index (χ0) is 20.0. The van der Waals surface area contributed by atoms with Crippen LogP contribution in [-0.4, -0.2) is 70.6 Å². The Hall–Kier alpha value is -1.63. The van der Waals surface area contributed by atoms with E-state index in [9.17, 15) is 14.7 Å². The van der Waals surface area contributed by atoms with E-state index in [0.717, 1.165) is 38.8 Å². The van der Waals surface area contributed by atoms with Crippen molar-refractivity contribution in [2.75, 3.05) is 19.6 Å². The molecule has 164 valence electrons. The molecule has 0 spiro atoms. The zero-order valence-corrected chi connectivity index (χ0v) is 18.1. The minimum atomic E-state index is -0.425. The number of hydrogen-bond acceptors (Lipinski definition) is 4. The van der Waals surface area contributed by atoms with E-state index in [1.165, 1.54) is 5.56 Å². The first kappa shape index (κ1) is 21.6. The number of hydrogen-bond donors (Lipinski definition) is 2. The predicted octanol–water partition coefficient (Wildman–Crippen LogP) is 1.60. The summed E-state index contributed by atoms with van der Waals surface area (Å²) in [5.74, 6) is 1.13. The molecule has 5 rings (SSSR count). The summed E-state index contributed by atoms with van der Waals surface area (Å²) in [6.07, 6.45) is 4.73. The van der Waals surface area contributed by atoms with Crippen LogP contribution in [0, 0.1) is 11.8 Å². The molecule has 4 aliphatic heterocycles. The van der Waals surface area contributed by atoms with Crippen molar-refractivity contribution in [3.8, 4) is 0 Å². The topological polar surface area (TPSA) is 72.9 Å². The molecule has 0 unspecified atom stereocenters. The lowest BCUT2D eigenvalue weighted by Crippen LogP contribution is -2.66. The van der Waals surface area contributed by atoms with Gasteiger partial charge in [0.2, 0.25) is 11.8 Å². The molecule has 4 aliphatic rings. The molecule has 1 aromatic carbocycles. The highest BCUT2D eigenvalue weighted by atomic mass is 35.5. The monoisotopic (exact) mass is 433 g/mol. The van der Waals surface area contributed by atoms with Crippen LogP contribution in [0.5, 0.6) is 0 Å². The number of benzene rings is 1. The number of carbonyl (C=O) groups excluding carboxylic acids is 2. The molecule has 4 saturated heterocycles. The second-order valence-corrected chi connectivity index (χ2v) is 9.37. The Morgan fingerprint density at radius 1 is 1.13 bits per heavy atom. The van der Waals surface area contributed by atoms with Gasteiger partial charge in [-0.15, -0.1) is 12.4 Å². The molecule has 2 N–H and O–H groups in total. The predicted molar refractivity (Wildman–Crippen MR) is 116 cm³/mol. The molecule has 6 atom stereocenters. The van der Waals surface area contributed by atoms with Gasteiger partial charge in [0.05, 0.1) is 12.1 Å². The first-order valence-corrected chi connectivity index (χ1v) is 11.2. The lowest BCUT2D eigenvalue weighted by Gasteiger charge is -2.57. The summed E-state index contributed by atoms with van der Waals surface area (Å²) in [4.78, 5) is 30.3. The van der Waals surface area contributed by atoms with Crippen LogP contribution in [-0.2, 0) is 16.0 Å². The van der Waals surface area contributed by atoms with E-state index in [1.54, 1.807) is 0 Å². The number of β-amino-alcohol motifs (C(OH)–C–C–N with tert-alkyl or cyclic N) is 1. The number of nitrogens with one attached hydrogen (secondary N) is 1. The summed E-state index contributed by atoms with van der Waals surface area (Å²) in [5, 5.41) is 13.0. The second-order valence-electron chi connectivity index (χ2n) is 9.37. The number of rotatable bonds is 3. The molecular formula is C23H32ClN3O3. The van der Waals surface area contributed by atoms with E-state index < -0.39 is 6.10 Å². The van der Waals surface area contributed by atoms with E-state index in [-0.39, 0.29) is 36.4 Å². The third kappa shape index (κ3) is 3.97. The summed E-state index contributed by atoms with van der Waals surface area (Å²) in [5.41, 5.74) is 1.26. The van der Waals surface area contributed by atoms with E-state index in [2.05, 4.69) is 34.5 Å². The number of nitrogens with zero attached hydrogens (tertiary/aromatic N) is 2. The first-order chi connectivity index (χ1) is 14.1. The molecule has 0 saturated carbocycles.